The SMILES string of the molecule is CC1CC(C)CN(C(=O)NC(C)(C)CCC(=O)O)C1. The van der Waals surface area contributed by atoms with Gasteiger partial charge in [0.25, 0.3) is 0 Å². The number of carboxylic acids is 1. The van der Waals surface area contributed by atoms with Gasteiger partial charge in [0.1, 0.15) is 0 Å². The minimum atomic E-state index is -0.831. The number of hydrogen-bond acceptors (Lipinski definition) is 2. The summed E-state index contributed by atoms with van der Waals surface area (Å²) in [5.41, 5.74) is -0.487. The molecule has 1 heterocycles. The van der Waals surface area contributed by atoms with Crippen LogP contribution in [0.5, 0.6) is 0 Å². The summed E-state index contributed by atoms with van der Waals surface area (Å²) in [4.78, 5) is 24.7. The monoisotopic (exact) mass is 270 g/mol. The number of rotatable bonds is 4. The lowest BCUT2D eigenvalue weighted by Crippen LogP contribution is -2.53. The molecule has 110 valence electrons. The van der Waals surface area contributed by atoms with Gasteiger partial charge in [-0.2, -0.15) is 0 Å². The lowest BCUT2D eigenvalue weighted by molar-refractivity contribution is -0.137. The number of nitrogens with one attached hydrogen (secondary N) is 1. The quantitative estimate of drug-likeness (QED) is 0.823. The summed E-state index contributed by atoms with van der Waals surface area (Å²) >= 11 is 0. The smallest absolute Gasteiger partial charge is 0.317 e. The Morgan fingerprint density at radius 2 is 1.79 bits per heavy atom. The molecule has 2 amide bonds. The van der Waals surface area contributed by atoms with Crippen LogP contribution in [-0.2, 0) is 4.79 Å². The van der Waals surface area contributed by atoms with Crippen LogP contribution in [-0.4, -0.2) is 40.6 Å². The maximum atomic E-state index is 12.2. The van der Waals surface area contributed by atoms with E-state index in [0.29, 0.717) is 18.3 Å². The average Bonchev–Trinajstić information content (AvgIpc) is 2.24. The highest BCUT2D eigenvalue weighted by Gasteiger charge is 2.29. The second kappa shape index (κ2) is 6.26. The molecule has 0 spiro atoms. The van der Waals surface area contributed by atoms with Crippen molar-refractivity contribution in [2.75, 3.05) is 13.1 Å². The Balaban J connectivity index is 2.51. The Morgan fingerprint density at radius 3 is 2.26 bits per heavy atom. The molecule has 0 saturated carbocycles. The van der Waals surface area contributed by atoms with Crippen molar-refractivity contribution in [2.24, 2.45) is 11.8 Å². The summed E-state index contributed by atoms with van der Waals surface area (Å²) in [5, 5.41) is 11.7. The van der Waals surface area contributed by atoms with Crippen LogP contribution in [0.25, 0.3) is 0 Å². The van der Waals surface area contributed by atoms with E-state index in [2.05, 4.69) is 19.2 Å². The molecular weight excluding hydrogens is 244 g/mol. The normalized spacial score (nSPS) is 24.1. The molecule has 19 heavy (non-hydrogen) atoms. The zero-order valence-electron chi connectivity index (χ0n) is 12.4. The van der Waals surface area contributed by atoms with E-state index in [4.69, 9.17) is 5.11 Å². The van der Waals surface area contributed by atoms with E-state index in [-0.39, 0.29) is 12.5 Å². The predicted molar refractivity (Wildman–Crippen MR) is 74.0 cm³/mol. The molecule has 5 heteroatoms. The first-order valence-electron chi connectivity index (χ1n) is 6.98. The number of urea groups is 1. The van der Waals surface area contributed by atoms with Gasteiger partial charge in [0.15, 0.2) is 0 Å². The largest absolute Gasteiger partial charge is 0.481 e. The van der Waals surface area contributed by atoms with Crippen LogP contribution in [0.15, 0.2) is 0 Å². The Bertz CT molecular complexity index is 332. The van der Waals surface area contributed by atoms with Crippen molar-refractivity contribution in [1.82, 2.24) is 10.2 Å². The van der Waals surface area contributed by atoms with Crippen molar-refractivity contribution in [3.8, 4) is 0 Å². The zero-order chi connectivity index (χ0) is 14.6. The van der Waals surface area contributed by atoms with E-state index in [1.54, 1.807) is 0 Å². The van der Waals surface area contributed by atoms with Gasteiger partial charge in [0, 0.05) is 25.0 Å². The van der Waals surface area contributed by atoms with Crippen LogP contribution in [0.4, 0.5) is 4.79 Å². The van der Waals surface area contributed by atoms with Gasteiger partial charge in [0.2, 0.25) is 0 Å². The van der Waals surface area contributed by atoms with Crippen molar-refractivity contribution in [3.05, 3.63) is 0 Å². The van der Waals surface area contributed by atoms with Crippen molar-refractivity contribution in [3.63, 3.8) is 0 Å². The van der Waals surface area contributed by atoms with Gasteiger partial charge in [-0.25, -0.2) is 4.79 Å². The second-order valence-electron chi connectivity index (χ2n) is 6.56. The lowest BCUT2D eigenvalue weighted by Gasteiger charge is -2.37. The summed E-state index contributed by atoms with van der Waals surface area (Å²) in [6, 6.07) is -0.0752. The summed E-state index contributed by atoms with van der Waals surface area (Å²) < 4.78 is 0. The van der Waals surface area contributed by atoms with Crippen LogP contribution >= 0.6 is 0 Å². The standard InChI is InChI=1S/C14H26N2O3/c1-10-7-11(2)9-16(8-10)13(19)15-14(3,4)6-5-12(17)18/h10-11H,5-9H2,1-4H3,(H,15,19)(H,17,18). The molecule has 2 unspecified atom stereocenters. The number of carbonyl (C=O) groups is 2. The number of hydrogen-bond donors (Lipinski definition) is 2. The van der Waals surface area contributed by atoms with E-state index in [1.807, 2.05) is 18.7 Å². The number of likely N-dealkylation sites (tertiary alicyclic amines) is 1. The van der Waals surface area contributed by atoms with Crippen LogP contribution in [0, 0.1) is 11.8 Å². The Kier molecular flexibility index (Phi) is 5.20. The first kappa shape index (κ1) is 15.8. The van der Waals surface area contributed by atoms with E-state index >= 15 is 0 Å². The molecule has 1 fully saturated rings. The number of amides is 2. The number of aliphatic carboxylic acids is 1. The molecule has 0 aromatic carbocycles. The molecule has 1 saturated heterocycles. The Hall–Kier alpha value is -1.26. The fourth-order valence-corrected chi connectivity index (χ4v) is 2.68. The molecule has 0 bridgehead atoms. The molecule has 1 rings (SSSR count). The molecule has 0 radical (unpaired) electrons. The van der Waals surface area contributed by atoms with Gasteiger partial charge in [-0.3, -0.25) is 4.79 Å². The number of carboxylic acid groups (broad SMARTS) is 1. The third-order valence-corrected chi connectivity index (χ3v) is 3.57. The highest BCUT2D eigenvalue weighted by Crippen LogP contribution is 2.21. The molecular formula is C14H26N2O3. The van der Waals surface area contributed by atoms with Crippen molar-refractivity contribution in [2.45, 2.75) is 52.5 Å². The molecule has 2 N–H and O–H groups in total. The molecule has 5 nitrogen and oxygen atoms in total. The van der Waals surface area contributed by atoms with E-state index in [0.717, 1.165) is 19.5 Å². The zero-order valence-corrected chi connectivity index (χ0v) is 12.4. The average molecular weight is 270 g/mol. The molecule has 0 aromatic rings. The number of piperidine rings is 1. The lowest BCUT2D eigenvalue weighted by atomic mass is 9.92. The highest BCUT2D eigenvalue weighted by atomic mass is 16.4. The van der Waals surface area contributed by atoms with Crippen molar-refractivity contribution in [1.29, 1.82) is 0 Å². The van der Waals surface area contributed by atoms with Crippen LogP contribution in [0.1, 0.15) is 47.0 Å². The Morgan fingerprint density at radius 1 is 1.26 bits per heavy atom. The maximum absolute atomic E-state index is 12.2. The fourth-order valence-electron chi connectivity index (χ4n) is 2.68. The molecule has 0 aliphatic carbocycles. The highest BCUT2D eigenvalue weighted by molar-refractivity contribution is 5.75. The van der Waals surface area contributed by atoms with Gasteiger partial charge in [0.05, 0.1) is 0 Å². The number of carbonyl (C=O) groups excluding carboxylic acids is 1. The van der Waals surface area contributed by atoms with Gasteiger partial charge >= 0.3 is 12.0 Å². The van der Waals surface area contributed by atoms with E-state index < -0.39 is 11.5 Å². The summed E-state index contributed by atoms with van der Waals surface area (Å²) in [5.74, 6) is 0.218. The van der Waals surface area contributed by atoms with Gasteiger partial charge in [-0.1, -0.05) is 13.8 Å². The van der Waals surface area contributed by atoms with E-state index in [9.17, 15) is 9.59 Å². The second-order valence-corrected chi connectivity index (χ2v) is 6.56. The Labute approximate surface area is 115 Å². The van der Waals surface area contributed by atoms with Gasteiger partial charge in [-0.05, 0) is 38.5 Å². The topological polar surface area (TPSA) is 69.6 Å². The summed E-state index contributed by atoms with van der Waals surface area (Å²) in [7, 11) is 0. The van der Waals surface area contributed by atoms with Crippen LogP contribution in [0.3, 0.4) is 0 Å². The van der Waals surface area contributed by atoms with Crippen molar-refractivity contribution >= 4 is 12.0 Å². The maximum Gasteiger partial charge on any atom is 0.317 e. The molecule has 0 aromatic heterocycles. The van der Waals surface area contributed by atoms with Crippen LogP contribution in [0.2, 0.25) is 0 Å². The van der Waals surface area contributed by atoms with Gasteiger partial charge in [-0.15, -0.1) is 0 Å². The minimum absolute atomic E-state index is 0.0695. The third-order valence-electron chi connectivity index (χ3n) is 3.57. The first-order valence-corrected chi connectivity index (χ1v) is 6.98. The fraction of sp³-hybridized carbons (Fsp3) is 0.857. The van der Waals surface area contributed by atoms with E-state index in [1.165, 1.54) is 0 Å². The summed E-state index contributed by atoms with van der Waals surface area (Å²) in [6.07, 6.45) is 1.67. The van der Waals surface area contributed by atoms with Gasteiger partial charge < -0.3 is 15.3 Å². The molecule has 1 aliphatic rings. The minimum Gasteiger partial charge on any atom is -0.481 e. The third kappa shape index (κ3) is 5.49. The predicted octanol–water partition coefficient (Wildman–Crippen LogP) is 2.32. The van der Waals surface area contributed by atoms with Crippen LogP contribution < -0.4 is 5.32 Å². The van der Waals surface area contributed by atoms with Crippen molar-refractivity contribution < 1.29 is 14.7 Å². The number of nitrogens with zero attached hydrogens (tertiary/aromatic N) is 1. The first-order chi connectivity index (χ1) is 8.69. The summed E-state index contributed by atoms with van der Waals surface area (Å²) in [6.45, 7) is 9.61. The molecule has 2 atom stereocenters. The molecule has 1 aliphatic heterocycles.